The van der Waals surface area contributed by atoms with Gasteiger partial charge in [-0.1, -0.05) is 18.2 Å². The number of benzene rings is 2. The van der Waals surface area contributed by atoms with E-state index in [1.165, 1.54) is 12.1 Å². The Kier molecular flexibility index (Phi) is 6.45. The number of aromatic nitrogens is 4. The van der Waals surface area contributed by atoms with E-state index in [1.807, 2.05) is 22.8 Å². The van der Waals surface area contributed by atoms with Crippen LogP contribution in [0.3, 0.4) is 0 Å². The number of ether oxygens (including phenoxy) is 1. The van der Waals surface area contributed by atoms with Gasteiger partial charge in [0.05, 0.1) is 19.0 Å². The Hall–Kier alpha value is -4.15. The molecule has 0 aliphatic heterocycles. The Morgan fingerprint density at radius 1 is 1.08 bits per heavy atom. The van der Waals surface area contributed by atoms with Crippen LogP contribution in [0.2, 0.25) is 0 Å². The monoisotopic (exact) mass is 510 g/mol. The maximum atomic E-state index is 12.9. The highest BCUT2D eigenvalue weighted by Gasteiger charge is 2.31. The molecule has 2 aromatic carbocycles. The molecule has 37 heavy (non-hydrogen) atoms. The molecule has 0 bridgehead atoms. The van der Waals surface area contributed by atoms with E-state index in [0.29, 0.717) is 41.0 Å². The van der Waals surface area contributed by atoms with Crippen molar-refractivity contribution in [3.8, 4) is 17.1 Å². The maximum Gasteiger partial charge on any atom is 0.416 e. The molecule has 0 unspecified atom stereocenters. The summed E-state index contributed by atoms with van der Waals surface area (Å²) in [6, 6.07) is 11.9. The van der Waals surface area contributed by atoms with Crippen molar-refractivity contribution in [2.45, 2.75) is 37.9 Å². The molecule has 2 aromatic heterocycles. The molecule has 0 atom stereocenters. The lowest BCUT2D eigenvalue weighted by atomic mass is 9.85. The van der Waals surface area contributed by atoms with Crippen LogP contribution in [0.5, 0.6) is 5.75 Å². The summed E-state index contributed by atoms with van der Waals surface area (Å²) in [7, 11) is 1.58. The quantitative estimate of drug-likeness (QED) is 0.369. The van der Waals surface area contributed by atoms with Gasteiger partial charge < -0.3 is 20.4 Å². The number of rotatable bonds is 5. The number of imidazole rings is 1. The van der Waals surface area contributed by atoms with Gasteiger partial charge in [-0.25, -0.2) is 15.0 Å². The van der Waals surface area contributed by atoms with Crippen LogP contribution < -0.4 is 15.8 Å². The Morgan fingerprint density at radius 2 is 1.81 bits per heavy atom. The third-order valence-electron chi connectivity index (χ3n) is 6.72. The largest absolute Gasteiger partial charge is 0.497 e. The van der Waals surface area contributed by atoms with Crippen LogP contribution in [0, 0.1) is 5.92 Å². The molecule has 11 heteroatoms. The number of nitrogen functional groups attached to an aromatic ring is 1. The number of fused-ring (bicyclic) bond motifs is 1. The number of halogens is 3. The number of anilines is 2. The summed E-state index contributed by atoms with van der Waals surface area (Å²) in [5.74, 6) is 0.903. The van der Waals surface area contributed by atoms with Crippen LogP contribution in [-0.2, 0) is 11.0 Å². The van der Waals surface area contributed by atoms with E-state index in [2.05, 4.69) is 20.3 Å². The summed E-state index contributed by atoms with van der Waals surface area (Å²) < 4.78 is 45.9. The molecule has 0 saturated heterocycles. The van der Waals surface area contributed by atoms with Gasteiger partial charge in [0.2, 0.25) is 5.91 Å². The van der Waals surface area contributed by atoms with Crippen LogP contribution in [0.15, 0.2) is 54.9 Å². The molecule has 1 amide bonds. The first-order chi connectivity index (χ1) is 17.7. The molecular formula is C26H25F3N6O2. The van der Waals surface area contributed by atoms with Crippen molar-refractivity contribution >= 4 is 28.6 Å². The van der Waals surface area contributed by atoms with E-state index in [1.54, 1.807) is 19.5 Å². The minimum absolute atomic E-state index is 0.0293. The Balaban J connectivity index is 1.32. The minimum atomic E-state index is -4.43. The second kappa shape index (κ2) is 9.72. The van der Waals surface area contributed by atoms with E-state index in [0.717, 1.165) is 25.0 Å². The predicted octanol–water partition coefficient (Wildman–Crippen LogP) is 5.47. The Morgan fingerprint density at radius 3 is 2.49 bits per heavy atom. The summed E-state index contributed by atoms with van der Waals surface area (Å²) >= 11 is 0. The summed E-state index contributed by atoms with van der Waals surface area (Å²) in [5, 5.41) is 2.97. The molecule has 2 heterocycles. The highest BCUT2D eigenvalue weighted by molar-refractivity contribution is 5.92. The first-order valence-corrected chi connectivity index (χ1v) is 11.9. The number of hydrogen-bond donors (Lipinski definition) is 2. The van der Waals surface area contributed by atoms with Gasteiger partial charge in [0, 0.05) is 29.3 Å². The van der Waals surface area contributed by atoms with E-state index in [4.69, 9.17) is 10.5 Å². The molecule has 1 fully saturated rings. The fourth-order valence-corrected chi connectivity index (χ4v) is 4.70. The lowest BCUT2D eigenvalue weighted by Gasteiger charge is -2.28. The number of methoxy groups -OCH3 is 1. The zero-order chi connectivity index (χ0) is 26.2. The van der Waals surface area contributed by atoms with Gasteiger partial charge in [-0.05, 0) is 49.9 Å². The van der Waals surface area contributed by atoms with Gasteiger partial charge >= 0.3 is 6.18 Å². The lowest BCUT2D eigenvalue weighted by molar-refractivity contribution is -0.137. The Labute approximate surface area is 210 Å². The van der Waals surface area contributed by atoms with Gasteiger partial charge in [0.1, 0.15) is 11.3 Å². The molecule has 1 aliphatic rings. The van der Waals surface area contributed by atoms with Crippen molar-refractivity contribution < 1.29 is 22.7 Å². The van der Waals surface area contributed by atoms with E-state index >= 15 is 0 Å². The summed E-state index contributed by atoms with van der Waals surface area (Å²) in [5.41, 5.74) is 7.45. The second-order valence-electron chi connectivity index (χ2n) is 9.06. The topological polar surface area (TPSA) is 108 Å². The number of alkyl halides is 3. The van der Waals surface area contributed by atoms with Crippen molar-refractivity contribution in [2.24, 2.45) is 5.92 Å². The van der Waals surface area contributed by atoms with Crippen molar-refractivity contribution in [2.75, 3.05) is 18.2 Å². The molecule has 1 aliphatic carbocycles. The van der Waals surface area contributed by atoms with E-state index in [9.17, 15) is 18.0 Å². The maximum absolute atomic E-state index is 12.9. The first-order valence-electron chi connectivity index (χ1n) is 11.9. The van der Waals surface area contributed by atoms with Crippen LogP contribution in [0.4, 0.5) is 24.7 Å². The summed E-state index contributed by atoms with van der Waals surface area (Å²) in [6.45, 7) is 0. The summed E-state index contributed by atoms with van der Waals surface area (Å²) in [6.07, 6.45) is 0.0829. The molecule has 1 saturated carbocycles. The molecule has 192 valence electrons. The molecular weight excluding hydrogens is 485 g/mol. The van der Waals surface area contributed by atoms with Gasteiger partial charge in [-0.2, -0.15) is 13.2 Å². The Bertz CT molecular complexity index is 1430. The zero-order valence-electron chi connectivity index (χ0n) is 20.0. The number of nitrogens with two attached hydrogens (primary N) is 1. The number of hydrogen-bond acceptors (Lipinski definition) is 6. The number of nitrogens with zero attached hydrogens (tertiary/aromatic N) is 4. The smallest absolute Gasteiger partial charge is 0.416 e. The minimum Gasteiger partial charge on any atom is -0.497 e. The molecule has 3 N–H and O–H groups in total. The normalized spacial score (nSPS) is 18.1. The van der Waals surface area contributed by atoms with Gasteiger partial charge in [0.25, 0.3) is 0 Å². The fraction of sp³-hybridized carbons (Fsp3) is 0.308. The van der Waals surface area contributed by atoms with Crippen LogP contribution in [0.25, 0.3) is 22.6 Å². The van der Waals surface area contributed by atoms with Crippen LogP contribution in [0.1, 0.15) is 37.3 Å². The second-order valence-corrected chi connectivity index (χ2v) is 9.06. The third kappa shape index (κ3) is 5.07. The SMILES string of the molecule is COc1cccc(NC(=O)[C@H]2CC[C@@H](n3cnc4c(N)nc(-c5ccc(C(F)(F)F)cc5)nc43)CC2)c1. The third-order valence-corrected chi connectivity index (χ3v) is 6.72. The number of nitrogens with one attached hydrogen (secondary N) is 1. The highest BCUT2D eigenvalue weighted by atomic mass is 19.4. The van der Waals surface area contributed by atoms with Crippen molar-refractivity contribution in [3.05, 3.63) is 60.4 Å². The van der Waals surface area contributed by atoms with Crippen molar-refractivity contribution in [1.82, 2.24) is 19.5 Å². The average Bonchev–Trinajstić information content (AvgIpc) is 3.33. The standard InChI is InChI=1S/C26H25F3N6O2/c1-37-20-4-2-3-18(13-20)32-25(36)16-7-11-19(12-8-16)35-14-31-21-22(30)33-23(34-24(21)35)15-5-9-17(10-6-15)26(27,28)29/h2-6,9-10,13-14,16,19H,7-8,11-12H2,1H3,(H,32,36)(H2,30,33,34)/t16-,19+. The summed E-state index contributed by atoms with van der Waals surface area (Å²) in [4.78, 5) is 26.1. The number of carbonyl (C=O) groups excluding carboxylic acids is 1. The number of amides is 1. The molecule has 0 spiro atoms. The fourth-order valence-electron chi connectivity index (χ4n) is 4.70. The van der Waals surface area contributed by atoms with E-state index in [-0.39, 0.29) is 29.5 Å². The molecule has 4 aromatic rings. The van der Waals surface area contributed by atoms with E-state index < -0.39 is 11.7 Å². The van der Waals surface area contributed by atoms with Crippen LogP contribution in [-0.4, -0.2) is 32.5 Å². The molecule has 8 nitrogen and oxygen atoms in total. The molecule has 5 rings (SSSR count). The first kappa shape index (κ1) is 24.5. The number of carbonyl (C=O) groups is 1. The van der Waals surface area contributed by atoms with Gasteiger partial charge in [-0.15, -0.1) is 0 Å². The van der Waals surface area contributed by atoms with Crippen molar-refractivity contribution in [1.29, 1.82) is 0 Å². The van der Waals surface area contributed by atoms with Gasteiger partial charge in [-0.3, -0.25) is 4.79 Å². The average molecular weight is 511 g/mol. The van der Waals surface area contributed by atoms with Crippen molar-refractivity contribution in [3.63, 3.8) is 0 Å². The van der Waals surface area contributed by atoms with Gasteiger partial charge in [0.15, 0.2) is 17.3 Å². The van der Waals surface area contributed by atoms with Crippen LogP contribution >= 0.6 is 0 Å². The predicted molar refractivity (Wildman–Crippen MR) is 133 cm³/mol. The lowest BCUT2D eigenvalue weighted by Crippen LogP contribution is -2.28. The zero-order valence-corrected chi connectivity index (χ0v) is 20.0. The highest BCUT2D eigenvalue weighted by Crippen LogP contribution is 2.36. The molecule has 0 radical (unpaired) electrons.